The van der Waals surface area contributed by atoms with Crippen LogP contribution < -0.4 is 0 Å². The van der Waals surface area contributed by atoms with Gasteiger partial charge in [-0.2, -0.15) is 8.42 Å². The Kier molecular flexibility index (Phi) is 3.96. The summed E-state index contributed by atoms with van der Waals surface area (Å²) >= 11 is 0. The lowest BCUT2D eigenvalue weighted by Gasteiger charge is -2.07. The number of aromatic nitrogens is 1. The first kappa shape index (κ1) is 14.4. The summed E-state index contributed by atoms with van der Waals surface area (Å²) < 4.78 is 31.3. The second-order valence-corrected chi connectivity index (χ2v) is 5.82. The van der Waals surface area contributed by atoms with Crippen LogP contribution in [0.4, 0.5) is 5.69 Å². The van der Waals surface area contributed by atoms with Gasteiger partial charge in [0.1, 0.15) is 0 Å². The van der Waals surface area contributed by atoms with Crippen molar-refractivity contribution in [1.29, 1.82) is 0 Å². The van der Waals surface area contributed by atoms with E-state index in [-0.39, 0.29) is 4.90 Å². The van der Waals surface area contributed by atoms with Gasteiger partial charge in [0.2, 0.25) is 0 Å². The minimum atomic E-state index is -4.20. The van der Waals surface area contributed by atoms with Crippen molar-refractivity contribution in [3.05, 3.63) is 53.3 Å². The minimum Gasteiger partial charge on any atom is -0.282 e. The highest BCUT2D eigenvalue weighted by Gasteiger charge is 2.13. The number of aryl methyl sites for hydroxylation is 2. The molecule has 0 aliphatic carbocycles. The summed E-state index contributed by atoms with van der Waals surface area (Å²) in [4.78, 5) is 8.34. The van der Waals surface area contributed by atoms with Gasteiger partial charge in [0.25, 0.3) is 10.1 Å². The van der Waals surface area contributed by atoms with Crippen LogP contribution in [0.15, 0.2) is 46.4 Å². The first-order valence-electron chi connectivity index (χ1n) is 5.92. The second kappa shape index (κ2) is 5.52. The Bertz CT molecular complexity index is 730. The topological polar surface area (TPSA) is 79.6 Å². The van der Waals surface area contributed by atoms with E-state index in [1.165, 1.54) is 12.1 Å². The molecule has 1 aromatic carbocycles. The average Bonchev–Trinajstić information content (AvgIpc) is 2.37. The van der Waals surface area contributed by atoms with E-state index in [2.05, 4.69) is 9.98 Å². The van der Waals surface area contributed by atoms with Gasteiger partial charge >= 0.3 is 0 Å². The number of nitrogens with zero attached hydrogens (tertiary/aromatic N) is 2. The molecule has 2 aromatic rings. The first-order chi connectivity index (χ1) is 9.38. The van der Waals surface area contributed by atoms with E-state index in [0.717, 1.165) is 0 Å². The van der Waals surface area contributed by atoms with Crippen LogP contribution in [0.1, 0.15) is 16.8 Å². The molecule has 0 saturated carbocycles. The zero-order valence-corrected chi connectivity index (χ0v) is 11.9. The molecule has 1 aromatic heterocycles. The van der Waals surface area contributed by atoms with Gasteiger partial charge < -0.3 is 0 Å². The molecule has 0 aliphatic rings. The Hall–Kier alpha value is -2.05. The minimum absolute atomic E-state index is 0.121. The van der Waals surface area contributed by atoms with E-state index >= 15 is 0 Å². The highest BCUT2D eigenvalue weighted by molar-refractivity contribution is 7.85. The van der Waals surface area contributed by atoms with Gasteiger partial charge in [-0.05, 0) is 49.2 Å². The van der Waals surface area contributed by atoms with Gasteiger partial charge in [-0.15, -0.1) is 0 Å². The molecule has 0 aliphatic heterocycles. The maximum absolute atomic E-state index is 11.1. The van der Waals surface area contributed by atoms with Gasteiger partial charge in [-0.3, -0.25) is 14.5 Å². The third-order valence-electron chi connectivity index (χ3n) is 2.78. The Balaban J connectivity index is 2.42. The lowest BCUT2D eigenvalue weighted by Crippen LogP contribution is -1.99. The molecule has 0 bridgehead atoms. The molecule has 6 heteroatoms. The average molecular weight is 290 g/mol. The molecule has 104 valence electrons. The number of rotatable bonds is 3. The summed E-state index contributed by atoms with van der Waals surface area (Å²) in [7, 11) is -4.20. The zero-order valence-electron chi connectivity index (χ0n) is 11.1. The van der Waals surface area contributed by atoms with E-state index in [0.29, 0.717) is 22.5 Å². The van der Waals surface area contributed by atoms with Crippen LogP contribution in [-0.2, 0) is 10.1 Å². The van der Waals surface area contributed by atoms with Crippen molar-refractivity contribution in [2.75, 3.05) is 0 Å². The SMILES string of the molecule is Cc1cc(S(=O)(=O)O)cc(C)c1N=Cc1ccccn1. The molecular formula is C14H14N2O3S. The summed E-state index contributed by atoms with van der Waals surface area (Å²) in [6, 6.07) is 8.28. The lowest BCUT2D eigenvalue weighted by molar-refractivity contribution is 0.483. The summed E-state index contributed by atoms with van der Waals surface area (Å²) in [5.74, 6) is 0. The number of pyridine rings is 1. The lowest BCUT2D eigenvalue weighted by atomic mass is 10.1. The van der Waals surface area contributed by atoms with Crippen LogP contribution in [0.25, 0.3) is 0 Å². The van der Waals surface area contributed by atoms with Crippen molar-refractivity contribution < 1.29 is 13.0 Å². The molecule has 2 rings (SSSR count). The molecule has 0 fully saturated rings. The molecule has 0 saturated heterocycles. The molecular weight excluding hydrogens is 276 g/mol. The predicted octanol–water partition coefficient (Wildman–Crippen LogP) is 2.70. The van der Waals surface area contributed by atoms with Gasteiger partial charge in [0, 0.05) is 6.20 Å². The van der Waals surface area contributed by atoms with E-state index in [9.17, 15) is 8.42 Å². The smallest absolute Gasteiger partial charge is 0.282 e. The molecule has 0 spiro atoms. The predicted molar refractivity (Wildman–Crippen MR) is 77.2 cm³/mol. The van der Waals surface area contributed by atoms with Crippen molar-refractivity contribution in [3.63, 3.8) is 0 Å². The van der Waals surface area contributed by atoms with Crippen molar-refractivity contribution in [2.45, 2.75) is 18.7 Å². The molecule has 1 N–H and O–H groups in total. The van der Waals surface area contributed by atoms with Crippen LogP contribution in [0.2, 0.25) is 0 Å². The number of hydrogen-bond donors (Lipinski definition) is 1. The van der Waals surface area contributed by atoms with E-state index in [1.807, 2.05) is 18.2 Å². The molecule has 0 unspecified atom stereocenters. The number of benzene rings is 1. The van der Waals surface area contributed by atoms with Gasteiger partial charge in [-0.1, -0.05) is 6.07 Å². The quantitative estimate of drug-likeness (QED) is 0.696. The maximum Gasteiger partial charge on any atom is 0.294 e. The first-order valence-corrected chi connectivity index (χ1v) is 7.36. The third kappa shape index (κ3) is 3.28. The van der Waals surface area contributed by atoms with Gasteiger partial charge in [0.15, 0.2) is 0 Å². The highest BCUT2D eigenvalue weighted by Crippen LogP contribution is 2.27. The standard InChI is InChI=1S/C14H14N2O3S/c1-10-7-13(20(17,18)19)8-11(2)14(10)16-9-12-5-3-4-6-15-12/h3-9H,1-2H3,(H,17,18,19). The molecule has 1 heterocycles. The Labute approximate surface area is 117 Å². The zero-order chi connectivity index (χ0) is 14.8. The van der Waals surface area contributed by atoms with Crippen LogP contribution >= 0.6 is 0 Å². The van der Waals surface area contributed by atoms with E-state index in [4.69, 9.17) is 4.55 Å². The largest absolute Gasteiger partial charge is 0.294 e. The van der Waals surface area contributed by atoms with Crippen LogP contribution in [0.5, 0.6) is 0 Å². The summed E-state index contributed by atoms with van der Waals surface area (Å²) in [6.45, 7) is 3.49. The third-order valence-corrected chi connectivity index (χ3v) is 3.61. The Morgan fingerprint density at radius 2 is 1.85 bits per heavy atom. The van der Waals surface area contributed by atoms with Crippen molar-refractivity contribution >= 4 is 22.0 Å². The second-order valence-electron chi connectivity index (χ2n) is 4.39. The Morgan fingerprint density at radius 3 is 2.35 bits per heavy atom. The Morgan fingerprint density at radius 1 is 1.20 bits per heavy atom. The number of aliphatic imine (C=N–C) groups is 1. The van der Waals surface area contributed by atoms with E-state index in [1.54, 1.807) is 26.3 Å². The van der Waals surface area contributed by atoms with Gasteiger partial charge in [0.05, 0.1) is 22.5 Å². The van der Waals surface area contributed by atoms with Crippen LogP contribution in [-0.4, -0.2) is 24.2 Å². The molecule has 0 radical (unpaired) electrons. The number of hydrogen-bond acceptors (Lipinski definition) is 4. The van der Waals surface area contributed by atoms with Gasteiger partial charge in [-0.25, -0.2) is 0 Å². The summed E-state index contributed by atoms with van der Waals surface area (Å²) in [5, 5.41) is 0. The molecule has 0 atom stereocenters. The highest BCUT2D eigenvalue weighted by atomic mass is 32.2. The molecule has 20 heavy (non-hydrogen) atoms. The van der Waals surface area contributed by atoms with Crippen molar-refractivity contribution in [1.82, 2.24) is 4.98 Å². The van der Waals surface area contributed by atoms with Crippen LogP contribution in [0.3, 0.4) is 0 Å². The fraction of sp³-hybridized carbons (Fsp3) is 0.143. The monoisotopic (exact) mass is 290 g/mol. The van der Waals surface area contributed by atoms with Crippen LogP contribution in [0, 0.1) is 13.8 Å². The summed E-state index contributed by atoms with van der Waals surface area (Å²) in [6.07, 6.45) is 3.28. The molecule has 0 amide bonds. The summed E-state index contributed by atoms with van der Waals surface area (Å²) in [5.41, 5.74) is 2.72. The van der Waals surface area contributed by atoms with Crippen molar-refractivity contribution in [2.24, 2.45) is 4.99 Å². The fourth-order valence-corrected chi connectivity index (χ4v) is 2.50. The molecule has 5 nitrogen and oxygen atoms in total. The van der Waals surface area contributed by atoms with E-state index < -0.39 is 10.1 Å². The maximum atomic E-state index is 11.1. The fourth-order valence-electron chi connectivity index (χ4n) is 1.85. The van der Waals surface area contributed by atoms with Crippen molar-refractivity contribution in [3.8, 4) is 0 Å². The normalized spacial score (nSPS) is 11.9.